The number of aromatic nitrogens is 2. The number of carbonyl (C=O) groups excluding carboxylic acids is 1. The van der Waals surface area contributed by atoms with Crippen molar-refractivity contribution >= 4 is 38.9 Å². The Balaban J connectivity index is 1.80. The van der Waals surface area contributed by atoms with Crippen molar-refractivity contribution < 1.29 is 14.3 Å². The smallest absolute Gasteiger partial charge is 0.255 e. The van der Waals surface area contributed by atoms with Gasteiger partial charge in [-0.2, -0.15) is 0 Å². The molecule has 1 aromatic heterocycles. The molecule has 6 nitrogen and oxygen atoms in total. The molecule has 8 heteroatoms. The lowest BCUT2D eigenvalue weighted by Crippen LogP contribution is -2.12. The zero-order valence-electron chi connectivity index (χ0n) is 13.4. The third kappa shape index (κ3) is 3.80. The number of methoxy groups -OCH3 is 2. The fourth-order valence-corrected chi connectivity index (χ4v) is 3.31. The van der Waals surface area contributed by atoms with Gasteiger partial charge in [0.25, 0.3) is 5.91 Å². The summed E-state index contributed by atoms with van der Waals surface area (Å²) in [6.07, 6.45) is 0. The van der Waals surface area contributed by atoms with Gasteiger partial charge in [0.2, 0.25) is 0 Å². The van der Waals surface area contributed by atoms with Crippen LogP contribution in [0.2, 0.25) is 0 Å². The van der Waals surface area contributed by atoms with Crippen LogP contribution in [-0.2, 0) is 0 Å². The topological polar surface area (TPSA) is 73.3 Å². The van der Waals surface area contributed by atoms with E-state index in [1.54, 1.807) is 17.6 Å². The molecule has 1 heterocycles. The number of nitrogens with zero attached hydrogens (tertiary/aromatic N) is 2. The zero-order valence-corrected chi connectivity index (χ0v) is 15.8. The Hall–Kier alpha value is -2.45. The first-order valence-electron chi connectivity index (χ1n) is 7.22. The average Bonchev–Trinajstić information content (AvgIpc) is 3.17. The van der Waals surface area contributed by atoms with Gasteiger partial charge in [0.05, 0.1) is 14.2 Å². The van der Waals surface area contributed by atoms with Crippen molar-refractivity contribution in [2.24, 2.45) is 0 Å². The van der Waals surface area contributed by atoms with Crippen LogP contribution in [0.1, 0.15) is 10.4 Å². The van der Waals surface area contributed by atoms with Gasteiger partial charge in [0.1, 0.15) is 26.5 Å². The van der Waals surface area contributed by atoms with E-state index in [0.717, 1.165) is 10.6 Å². The molecule has 2 aromatic carbocycles. The van der Waals surface area contributed by atoms with Gasteiger partial charge in [-0.25, -0.2) is 0 Å². The Kier molecular flexibility index (Phi) is 5.30. The Morgan fingerprint density at radius 1 is 1.12 bits per heavy atom. The van der Waals surface area contributed by atoms with E-state index < -0.39 is 0 Å². The third-order valence-electron chi connectivity index (χ3n) is 3.46. The van der Waals surface area contributed by atoms with E-state index >= 15 is 0 Å². The number of carbonyl (C=O) groups is 1. The Bertz CT molecular complexity index is 858. The highest BCUT2D eigenvalue weighted by Gasteiger charge is 2.15. The van der Waals surface area contributed by atoms with E-state index in [4.69, 9.17) is 9.47 Å². The van der Waals surface area contributed by atoms with Crippen molar-refractivity contribution in [2.75, 3.05) is 19.5 Å². The molecule has 3 aromatic rings. The summed E-state index contributed by atoms with van der Waals surface area (Å²) in [5.74, 6) is 0.792. The summed E-state index contributed by atoms with van der Waals surface area (Å²) in [6, 6.07) is 10.7. The van der Waals surface area contributed by atoms with Crippen LogP contribution in [0.5, 0.6) is 11.5 Å². The normalized spacial score (nSPS) is 10.4. The maximum absolute atomic E-state index is 12.5. The van der Waals surface area contributed by atoms with Gasteiger partial charge in [-0.05, 0) is 52.3 Å². The number of ether oxygens (including phenoxy) is 2. The molecule has 0 radical (unpaired) electrons. The first-order valence-corrected chi connectivity index (χ1v) is 8.89. The van der Waals surface area contributed by atoms with Crippen LogP contribution in [0.4, 0.5) is 5.69 Å². The first kappa shape index (κ1) is 17.4. The third-order valence-corrected chi connectivity index (χ3v) is 4.98. The molecule has 0 aliphatic carbocycles. The van der Waals surface area contributed by atoms with Crippen LogP contribution in [0.25, 0.3) is 10.6 Å². The summed E-state index contributed by atoms with van der Waals surface area (Å²) < 4.78 is 11.2. The molecule has 0 saturated heterocycles. The van der Waals surface area contributed by atoms with Crippen molar-refractivity contribution in [1.82, 2.24) is 10.2 Å². The van der Waals surface area contributed by atoms with Gasteiger partial charge in [-0.3, -0.25) is 4.79 Å². The zero-order chi connectivity index (χ0) is 17.8. The lowest BCUT2D eigenvalue weighted by atomic mass is 10.1. The number of nitrogens with one attached hydrogen (secondary N) is 1. The summed E-state index contributed by atoms with van der Waals surface area (Å²) in [7, 11) is 3.07. The van der Waals surface area contributed by atoms with Crippen molar-refractivity contribution in [3.8, 4) is 22.1 Å². The molecular formula is C17H14BrN3O3S. The fourth-order valence-electron chi connectivity index (χ4n) is 2.20. The molecule has 1 amide bonds. The Morgan fingerprint density at radius 2 is 1.76 bits per heavy atom. The molecule has 0 aliphatic heterocycles. The summed E-state index contributed by atoms with van der Waals surface area (Å²) in [6.45, 7) is 0. The number of hydrogen-bond donors (Lipinski definition) is 1. The number of anilines is 1. The Morgan fingerprint density at radius 3 is 2.28 bits per heavy atom. The van der Waals surface area contributed by atoms with E-state index in [9.17, 15) is 4.79 Å². The molecule has 128 valence electrons. The number of benzene rings is 2. The highest BCUT2D eigenvalue weighted by atomic mass is 79.9. The van der Waals surface area contributed by atoms with Gasteiger partial charge in [-0.15, -0.1) is 10.2 Å². The van der Waals surface area contributed by atoms with E-state index in [0.29, 0.717) is 27.2 Å². The van der Waals surface area contributed by atoms with Crippen molar-refractivity contribution in [2.45, 2.75) is 0 Å². The SMILES string of the molecule is COc1cc(C(=O)Nc2ccc(-c3nncs3)cc2)cc(OC)c1Br. The molecule has 3 rings (SSSR count). The van der Waals surface area contributed by atoms with E-state index in [2.05, 4.69) is 31.4 Å². The Labute approximate surface area is 156 Å². The van der Waals surface area contributed by atoms with E-state index in [1.165, 1.54) is 25.6 Å². The van der Waals surface area contributed by atoms with Crippen LogP contribution >= 0.6 is 27.3 Å². The molecule has 0 fully saturated rings. The maximum Gasteiger partial charge on any atom is 0.255 e. The average molecular weight is 420 g/mol. The molecule has 1 N–H and O–H groups in total. The second-order valence-corrected chi connectivity index (χ2v) is 6.60. The van der Waals surface area contributed by atoms with Crippen LogP contribution in [0.3, 0.4) is 0 Å². The van der Waals surface area contributed by atoms with Gasteiger partial charge < -0.3 is 14.8 Å². The van der Waals surface area contributed by atoms with Crippen molar-refractivity contribution in [3.05, 3.63) is 51.9 Å². The second-order valence-electron chi connectivity index (χ2n) is 4.97. The summed E-state index contributed by atoms with van der Waals surface area (Å²) in [4.78, 5) is 12.5. The standard InChI is InChI=1S/C17H14BrN3O3S/c1-23-13-7-11(8-14(24-2)15(13)18)16(22)20-12-5-3-10(4-6-12)17-21-19-9-25-17/h3-9H,1-2H3,(H,20,22). The molecule has 0 atom stereocenters. The summed E-state index contributed by atoms with van der Waals surface area (Å²) in [5, 5.41) is 11.5. The van der Waals surface area contributed by atoms with Gasteiger partial charge >= 0.3 is 0 Å². The molecule has 0 bridgehead atoms. The second kappa shape index (κ2) is 7.62. The van der Waals surface area contributed by atoms with Crippen LogP contribution in [0.15, 0.2) is 46.4 Å². The molecule has 25 heavy (non-hydrogen) atoms. The van der Waals surface area contributed by atoms with Crippen molar-refractivity contribution in [3.63, 3.8) is 0 Å². The summed E-state index contributed by atoms with van der Waals surface area (Å²) in [5.41, 5.74) is 3.75. The van der Waals surface area contributed by atoms with Gasteiger partial charge in [0, 0.05) is 16.8 Å². The largest absolute Gasteiger partial charge is 0.495 e. The molecule has 0 spiro atoms. The van der Waals surface area contributed by atoms with E-state index in [1.807, 2.05) is 24.3 Å². The van der Waals surface area contributed by atoms with Crippen LogP contribution in [-0.4, -0.2) is 30.3 Å². The van der Waals surface area contributed by atoms with Crippen LogP contribution in [0, 0.1) is 0 Å². The molecule has 0 saturated carbocycles. The van der Waals surface area contributed by atoms with Gasteiger partial charge in [-0.1, -0.05) is 11.3 Å². The minimum absolute atomic E-state index is 0.257. The molecule has 0 unspecified atom stereocenters. The van der Waals surface area contributed by atoms with E-state index in [-0.39, 0.29) is 5.91 Å². The minimum atomic E-state index is -0.257. The molecular weight excluding hydrogens is 406 g/mol. The van der Waals surface area contributed by atoms with Gasteiger partial charge in [0.15, 0.2) is 0 Å². The number of rotatable bonds is 5. The predicted molar refractivity (Wildman–Crippen MR) is 101 cm³/mol. The number of hydrogen-bond acceptors (Lipinski definition) is 6. The lowest BCUT2D eigenvalue weighted by Gasteiger charge is -2.12. The maximum atomic E-state index is 12.5. The number of amides is 1. The quantitative estimate of drug-likeness (QED) is 0.669. The fraction of sp³-hybridized carbons (Fsp3) is 0.118. The number of halogens is 1. The summed E-state index contributed by atoms with van der Waals surface area (Å²) >= 11 is 4.85. The predicted octanol–water partition coefficient (Wildman–Crippen LogP) is 4.24. The monoisotopic (exact) mass is 419 g/mol. The minimum Gasteiger partial charge on any atom is -0.495 e. The van der Waals surface area contributed by atoms with Crippen molar-refractivity contribution in [1.29, 1.82) is 0 Å². The lowest BCUT2D eigenvalue weighted by molar-refractivity contribution is 0.102. The first-order chi connectivity index (χ1) is 12.1. The highest BCUT2D eigenvalue weighted by molar-refractivity contribution is 9.10. The van der Waals surface area contributed by atoms with Crippen LogP contribution < -0.4 is 14.8 Å². The molecule has 0 aliphatic rings. The highest BCUT2D eigenvalue weighted by Crippen LogP contribution is 2.35.